The lowest BCUT2D eigenvalue weighted by atomic mass is 10.3. The molecule has 0 radical (unpaired) electrons. The first-order valence-electron chi connectivity index (χ1n) is 7.33. The van der Waals surface area contributed by atoms with E-state index < -0.39 is 15.8 Å². The number of sulfonamides is 1. The minimum absolute atomic E-state index is 0.0258. The van der Waals surface area contributed by atoms with Crippen molar-refractivity contribution in [1.82, 2.24) is 0 Å². The molecule has 25 heavy (non-hydrogen) atoms. The molecule has 0 aromatic heterocycles. The monoisotopic (exact) mass is 400 g/mol. The zero-order chi connectivity index (χ0) is 18.2. The number of rotatable bonds is 3. The second-order valence-electron chi connectivity index (χ2n) is 5.57. The van der Waals surface area contributed by atoms with Crippen LogP contribution in [-0.2, 0) is 14.8 Å². The third kappa shape index (κ3) is 4.08. The molecule has 3 rings (SSSR count). The summed E-state index contributed by atoms with van der Waals surface area (Å²) in [5.41, 5.74) is 0.525. The van der Waals surface area contributed by atoms with Crippen LogP contribution in [0.1, 0.15) is 13.3 Å². The van der Waals surface area contributed by atoms with E-state index in [1.807, 2.05) is 6.92 Å². The van der Waals surface area contributed by atoms with Gasteiger partial charge in [0.05, 0.1) is 21.3 Å². The van der Waals surface area contributed by atoms with Crippen LogP contribution < -0.4 is 10.0 Å². The highest BCUT2D eigenvalue weighted by Gasteiger charge is 2.22. The molecular weight excluding hydrogens is 387 g/mol. The van der Waals surface area contributed by atoms with Crippen LogP contribution in [0.3, 0.4) is 0 Å². The Morgan fingerprint density at radius 1 is 1.28 bits per heavy atom. The van der Waals surface area contributed by atoms with Crippen LogP contribution in [0.2, 0.25) is 5.02 Å². The molecule has 0 aliphatic carbocycles. The van der Waals surface area contributed by atoms with Crippen LogP contribution in [0.15, 0.2) is 46.2 Å². The van der Waals surface area contributed by atoms with Gasteiger partial charge in [-0.15, -0.1) is 11.8 Å². The van der Waals surface area contributed by atoms with E-state index in [2.05, 4.69) is 10.0 Å². The molecule has 2 aromatic carbocycles. The highest BCUT2D eigenvalue weighted by atomic mass is 35.5. The minimum atomic E-state index is -3.94. The topological polar surface area (TPSA) is 75.3 Å². The lowest BCUT2D eigenvalue weighted by Crippen LogP contribution is -2.15. The van der Waals surface area contributed by atoms with E-state index in [9.17, 15) is 17.6 Å². The standard InChI is InChI=1S/C16H14ClFN2O3S2/c1-9-6-16(21)19-14-8-11(3-5-15(14)24-9)25(22,23)20-13-4-2-10(18)7-12(13)17/h2-5,7-9,20H,6H2,1H3,(H,19,21). The van der Waals surface area contributed by atoms with Crippen molar-refractivity contribution in [2.75, 3.05) is 10.0 Å². The van der Waals surface area contributed by atoms with E-state index in [-0.39, 0.29) is 26.8 Å². The van der Waals surface area contributed by atoms with Crippen molar-refractivity contribution < 1.29 is 17.6 Å². The van der Waals surface area contributed by atoms with E-state index in [0.717, 1.165) is 17.0 Å². The Morgan fingerprint density at radius 3 is 2.76 bits per heavy atom. The summed E-state index contributed by atoms with van der Waals surface area (Å²) in [6, 6.07) is 7.89. The maximum atomic E-state index is 13.1. The summed E-state index contributed by atoms with van der Waals surface area (Å²) < 4.78 is 40.6. The number of thioether (sulfide) groups is 1. The van der Waals surface area contributed by atoms with Gasteiger partial charge >= 0.3 is 0 Å². The molecule has 0 bridgehead atoms. The SMILES string of the molecule is CC1CC(=O)Nc2cc(S(=O)(=O)Nc3ccc(F)cc3Cl)ccc2S1. The molecule has 2 aromatic rings. The van der Waals surface area contributed by atoms with Gasteiger partial charge < -0.3 is 5.32 Å². The van der Waals surface area contributed by atoms with Gasteiger partial charge in [-0.05, 0) is 36.4 Å². The molecule has 132 valence electrons. The Balaban J connectivity index is 1.94. The summed E-state index contributed by atoms with van der Waals surface area (Å²) in [4.78, 5) is 12.6. The van der Waals surface area contributed by atoms with Gasteiger partial charge in [-0.3, -0.25) is 9.52 Å². The molecule has 9 heteroatoms. The van der Waals surface area contributed by atoms with Gasteiger partial charge in [0.2, 0.25) is 5.91 Å². The van der Waals surface area contributed by atoms with Crippen LogP contribution in [0.4, 0.5) is 15.8 Å². The normalized spacial score (nSPS) is 17.4. The zero-order valence-corrected chi connectivity index (χ0v) is 15.4. The van der Waals surface area contributed by atoms with Crippen molar-refractivity contribution in [3.8, 4) is 0 Å². The molecular formula is C16H14ClFN2O3S2. The highest BCUT2D eigenvalue weighted by molar-refractivity contribution is 8.00. The van der Waals surface area contributed by atoms with E-state index in [4.69, 9.17) is 11.6 Å². The molecule has 1 amide bonds. The number of hydrogen-bond acceptors (Lipinski definition) is 4. The molecule has 1 aliphatic heterocycles. The molecule has 5 nitrogen and oxygen atoms in total. The number of amides is 1. The number of benzene rings is 2. The summed E-state index contributed by atoms with van der Waals surface area (Å²) in [5.74, 6) is -0.727. The van der Waals surface area contributed by atoms with Gasteiger partial charge in [-0.2, -0.15) is 0 Å². The van der Waals surface area contributed by atoms with E-state index in [0.29, 0.717) is 12.1 Å². The summed E-state index contributed by atoms with van der Waals surface area (Å²) in [6.45, 7) is 1.93. The molecule has 1 heterocycles. The number of carbonyl (C=O) groups excluding carboxylic acids is 1. The first-order chi connectivity index (χ1) is 11.7. The van der Waals surface area contributed by atoms with Gasteiger partial charge in [0.25, 0.3) is 10.0 Å². The molecule has 1 unspecified atom stereocenters. The minimum Gasteiger partial charge on any atom is -0.325 e. The fourth-order valence-electron chi connectivity index (χ4n) is 2.37. The second kappa shape index (κ2) is 6.86. The Kier molecular flexibility index (Phi) is 4.95. The third-order valence-electron chi connectivity index (χ3n) is 3.51. The number of hydrogen-bond donors (Lipinski definition) is 2. The van der Waals surface area contributed by atoms with Gasteiger partial charge in [0.1, 0.15) is 5.82 Å². The van der Waals surface area contributed by atoms with Gasteiger partial charge in [0.15, 0.2) is 0 Å². The van der Waals surface area contributed by atoms with Crippen LogP contribution in [-0.4, -0.2) is 19.6 Å². The molecule has 0 saturated heterocycles. The number of carbonyl (C=O) groups is 1. The van der Waals surface area contributed by atoms with Crippen LogP contribution in [0, 0.1) is 5.82 Å². The van der Waals surface area contributed by atoms with Crippen LogP contribution >= 0.6 is 23.4 Å². The van der Waals surface area contributed by atoms with Crippen molar-refractivity contribution in [3.63, 3.8) is 0 Å². The molecule has 2 N–H and O–H groups in total. The van der Waals surface area contributed by atoms with E-state index in [1.165, 1.54) is 30.0 Å². The van der Waals surface area contributed by atoms with Crippen molar-refractivity contribution in [2.24, 2.45) is 0 Å². The number of nitrogens with one attached hydrogen (secondary N) is 2. The summed E-state index contributed by atoms with van der Waals surface area (Å²) >= 11 is 7.37. The zero-order valence-electron chi connectivity index (χ0n) is 13.0. The average molecular weight is 401 g/mol. The third-order valence-corrected chi connectivity index (χ3v) is 6.37. The largest absolute Gasteiger partial charge is 0.325 e. The molecule has 1 aliphatic rings. The smallest absolute Gasteiger partial charge is 0.262 e. The lowest BCUT2D eigenvalue weighted by Gasteiger charge is -2.12. The lowest BCUT2D eigenvalue weighted by molar-refractivity contribution is -0.116. The van der Waals surface area contributed by atoms with Crippen molar-refractivity contribution in [2.45, 2.75) is 28.4 Å². The van der Waals surface area contributed by atoms with Gasteiger partial charge in [-0.25, -0.2) is 12.8 Å². The Hall–Kier alpha value is -1.77. The maximum Gasteiger partial charge on any atom is 0.262 e. The van der Waals surface area contributed by atoms with Gasteiger partial charge in [0, 0.05) is 16.6 Å². The fraction of sp³-hybridized carbons (Fsp3) is 0.188. The average Bonchev–Trinajstić information content (AvgIpc) is 2.65. The van der Waals surface area contributed by atoms with Crippen LogP contribution in [0.5, 0.6) is 0 Å². The van der Waals surface area contributed by atoms with Crippen molar-refractivity contribution in [3.05, 3.63) is 47.2 Å². The second-order valence-corrected chi connectivity index (χ2v) is 9.14. The fourth-order valence-corrected chi connectivity index (χ4v) is 4.80. The summed E-state index contributed by atoms with van der Waals surface area (Å²) in [7, 11) is -3.94. The maximum absolute atomic E-state index is 13.1. The van der Waals surface area contributed by atoms with E-state index >= 15 is 0 Å². The number of fused-ring (bicyclic) bond motifs is 1. The van der Waals surface area contributed by atoms with Gasteiger partial charge in [-0.1, -0.05) is 18.5 Å². The first-order valence-corrected chi connectivity index (χ1v) is 10.1. The van der Waals surface area contributed by atoms with E-state index in [1.54, 1.807) is 6.07 Å². The van der Waals surface area contributed by atoms with Crippen molar-refractivity contribution >= 4 is 50.7 Å². The molecule has 0 saturated carbocycles. The molecule has 1 atom stereocenters. The molecule has 0 fully saturated rings. The van der Waals surface area contributed by atoms with Crippen LogP contribution in [0.25, 0.3) is 0 Å². The van der Waals surface area contributed by atoms with Crippen molar-refractivity contribution in [1.29, 1.82) is 0 Å². The Bertz CT molecular complexity index is 950. The summed E-state index contributed by atoms with van der Waals surface area (Å²) in [5, 5.41) is 2.77. The first kappa shape index (κ1) is 18.0. The predicted octanol–water partition coefficient (Wildman–Crippen LogP) is 4.10. The highest BCUT2D eigenvalue weighted by Crippen LogP contribution is 2.36. The number of anilines is 2. The number of halogens is 2. The Morgan fingerprint density at radius 2 is 2.04 bits per heavy atom. The predicted molar refractivity (Wildman–Crippen MR) is 97.2 cm³/mol. The Labute approximate surface area is 154 Å². The molecule has 0 spiro atoms. The quantitative estimate of drug-likeness (QED) is 0.813. The summed E-state index contributed by atoms with van der Waals surface area (Å²) in [6.07, 6.45) is 0.352.